The second kappa shape index (κ2) is 7.25. The van der Waals surface area contributed by atoms with Crippen LogP contribution >= 0.6 is 11.8 Å². The highest BCUT2D eigenvalue weighted by Gasteiger charge is 2.46. The summed E-state index contributed by atoms with van der Waals surface area (Å²) in [5, 5.41) is 0. The molecule has 1 aromatic heterocycles. The Morgan fingerprint density at radius 2 is 1.85 bits per heavy atom. The van der Waals surface area contributed by atoms with Crippen LogP contribution in [0.2, 0.25) is 0 Å². The second-order valence-corrected chi connectivity index (χ2v) is 10.1. The average molecular weight is 379 g/mol. The lowest BCUT2D eigenvalue weighted by molar-refractivity contribution is 0.149. The van der Waals surface area contributed by atoms with E-state index in [-0.39, 0.29) is 6.04 Å². The second-order valence-electron chi connectivity index (χ2n) is 9.03. The smallest absolute Gasteiger partial charge is 0.0502 e. The molecule has 142 valence electrons. The summed E-state index contributed by atoms with van der Waals surface area (Å²) >= 11 is 2.05. The first-order valence-electron chi connectivity index (χ1n) is 10.6. The van der Waals surface area contributed by atoms with E-state index in [1.807, 2.05) is 11.8 Å². The van der Waals surface area contributed by atoms with Crippen LogP contribution in [0.4, 0.5) is 0 Å². The molecule has 2 N–H and O–H groups in total. The van der Waals surface area contributed by atoms with E-state index in [4.69, 9.17) is 10.7 Å². The van der Waals surface area contributed by atoms with Crippen molar-refractivity contribution >= 4 is 11.8 Å². The molecule has 0 bridgehead atoms. The first-order valence-corrected chi connectivity index (χ1v) is 11.7. The van der Waals surface area contributed by atoms with Gasteiger partial charge in [-0.3, -0.25) is 4.98 Å². The lowest BCUT2D eigenvalue weighted by atomic mass is 9.66. The van der Waals surface area contributed by atoms with Gasteiger partial charge in [-0.2, -0.15) is 11.8 Å². The van der Waals surface area contributed by atoms with E-state index in [1.165, 1.54) is 73.1 Å². The molecular weight excluding hydrogens is 348 g/mol. The molecule has 27 heavy (non-hydrogen) atoms. The van der Waals surface area contributed by atoms with Crippen molar-refractivity contribution in [3.8, 4) is 0 Å². The number of pyridine rings is 1. The van der Waals surface area contributed by atoms with Gasteiger partial charge in [-0.15, -0.1) is 0 Å². The summed E-state index contributed by atoms with van der Waals surface area (Å²) in [5.41, 5.74) is 12.6. The molecule has 3 aliphatic carbocycles. The fraction of sp³-hybridized carbons (Fsp3) is 0.542. The predicted molar refractivity (Wildman–Crippen MR) is 114 cm³/mol. The standard InChI is InChI=1S/C24H30N2S/c25-23-22-4-2-1-3-19(22)13-24(23)11-9-18(10-12-24)20-7-8-21(26-14-20)16-27-15-17-5-6-17/h1-4,7-8,14,17-18,23H,5-6,9-13,15-16,25H2/t18?,23-,24?/m0/s1. The molecule has 2 saturated carbocycles. The van der Waals surface area contributed by atoms with Gasteiger partial charge >= 0.3 is 0 Å². The molecule has 1 heterocycles. The van der Waals surface area contributed by atoms with Crippen molar-refractivity contribution in [2.24, 2.45) is 17.1 Å². The number of fused-ring (bicyclic) bond motifs is 1. The van der Waals surface area contributed by atoms with Gasteiger partial charge in [0.15, 0.2) is 0 Å². The normalized spacial score (nSPS) is 29.8. The van der Waals surface area contributed by atoms with Gasteiger partial charge < -0.3 is 5.73 Å². The molecule has 3 aliphatic rings. The third kappa shape index (κ3) is 3.56. The number of aromatic nitrogens is 1. The highest BCUT2D eigenvalue weighted by molar-refractivity contribution is 7.98. The summed E-state index contributed by atoms with van der Waals surface area (Å²) in [6.45, 7) is 0. The predicted octanol–water partition coefficient (Wildman–Crippen LogP) is 5.62. The molecule has 0 radical (unpaired) electrons. The zero-order valence-electron chi connectivity index (χ0n) is 16.1. The number of hydrogen-bond acceptors (Lipinski definition) is 3. The molecule has 0 saturated heterocycles. The molecule has 5 rings (SSSR count). The minimum atomic E-state index is 0.221. The van der Waals surface area contributed by atoms with E-state index in [1.54, 1.807) is 0 Å². The maximum Gasteiger partial charge on any atom is 0.0502 e. The minimum Gasteiger partial charge on any atom is -0.323 e. The Morgan fingerprint density at radius 3 is 2.56 bits per heavy atom. The van der Waals surface area contributed by atoms with Gasteiger partial charge in [0.2, 0.25) is 0 Å². The number of thioether (sulfide) groups is 1. The molecular formula is C24H30N2S. The molecule has 2 fully saturated rings. The summed E-state index contributed by atoms with van der Waals surface area (Å²) in [6.07, 6.45) is 11.2. The van der Waals surface area contributed by atoms with E-state index < -0.39 is 0 Å². The molecule has 2 nitrogen and oxygen atoms in total. The number of rotatable bonds is 5. The van der Waals surface area contributed by atoms with Crippen LogP contribution < -0.4 is 5.73 Å². The van der Waals surface area contributed by atoms with Crippen LogP contribution in [0.3, 0.4) is 0 Å². The fourth-order valence-electron chi connectivity index (χ4n) is 5.21. The molecule has 0 amide bonds. The van der Waals surface area contributed by atoms with Crippen LogP contribution in [0, 0.1) is 11.3 Å². The zero-order valence-corrected chi connectivity index (χ0v) is 16.9. The van der Waals surface area contributed by atoms with Crippen molar-refractivity contribution in [1.82, 2.24) is 4.98 Å². The largest absolute Gasteiger partial charge is 0.323 e. The van der Waals surface area contributed by atoms with Gasteiger partial charge in [0.1, 0.15) is 0 Å². The molecule has 2 aromatic rings. The van der Waals surface area contributed by atoms with Gasteiger partial charge in [0.05, 0.1) is 5.69 Å². The summed E-state index contributed by atoms with van der Waals surface area (Å²) in [6, 6.07) is 13.6. The van der Waals surface area contributed by atoms with Crippen LogP contribution in [-0.2, 0) is 12.2 Å². The Balaban J connectivity index is 1.19. The first kappa shape index (κ1) is 17.8. The Bertz CT molecular complexity index is 788. The Labute approximate surface area is 167 Å². The third-order valence-electron chi connectivity index (χ3n) is 7.19. The molecule has 1 spiro atoms. The summed E-state index contributed by atoms with van der Waals surface area (Å²) < 4.78 is 0. The SMILES string of the molecule is N[C@H]1c2ccccc2CC12CCC(c1ccc(CSCC3CC3)nc1)CC2. The molecule has 0 unspecified atom stereocenters. The number of nitrogens with zero attached hydrogens (tertiary/aromatic N) is 1. The maximum absolute atomic E-state index is 6.72. The van der Waals surface area contributed by atoms with Crippen LogP contribution in [-0.4, -0.2) is 10.7 Å². The lowest BCUT2D eigenvalue weighted by Gasteiger charge is -2.40. The van der Waals surface area contributed by atoms with Crippen molar-refractivity contribution in [2.75, 3.05) is 5.75 Å². The molecule has 0 aliphatic heterocycles. The average Bonchev–Trinajstić information content (AvgIpc) is 3.49. The molecule has 1 atom stereocenters. The van der Waals surface area contributed by atoms with Crippen molar-refractivity contribution in [1.29, 1.82) is 0 Å². The molecule has 3 heteroatoms. The van der Waals surface area contributed by atoms with Crippen LogP contribution in [0.25, 0.3) is 0 Å². The third-order valence-corrected chi connectivity index (χ3v) is 8.40. The van der Waals surface area contributed by atoms with E-state index in [0.29, 0.717) is 11.3 Å². The highest BCUT2D eigenvalue weighted by atomic mass is 32.2. The first-order chi connectivity index (χ1) is 13.2. The van der Waals surface area contributed by atoms with Crippen LogP contribution in [0.5, 0.6) is 0 Å². The van der Waals surface area contributed by atoms with Crippen molar-refractivity contribution in [2.45, 2.75) is 62.7 Å². The van der Waals surface area contributed by atoms with Gasteiger partial charge in [0.25, 0.3) is 0 Å². The maximum atomic E-state index is 6.72. The highest BCUT2D eigenvalue weighted by Crippen LogP contribution is 2.55. The van der Waals surface area contributed by atoms with Crippen LogP contribution in [0.15, 0.2) is 42.6 Å². The minimum absolute atomic E-state index is 0.221. The Hall–Kier alpha value is -1.32. The van der Waals surface area contributed by atoms with Crippen molar-refractivity contribution in [3.63, 3.8) is 0 Å². The van der Waals surface area contributed by atoms with Gasteiger partial charge in [-0.1, -0.05) is 30.3 Å². The number of hydrogen-bond donors (Lipinski definition) is 1. The zero-order chi connectivity index (χ0) is 18.3. The Morgan fingerprint density at radius 1 is 1.04 bits per heavy atom. The monoisotopic (exact) mass is 378 g/mol. The van der Waals surface area contributed by atoms with Gasteiger partial charge in [-0.05, 0) is 90.7 Å². The fourth-order valence-corrected chi connectivity index (χ4v) is 6.37. The van der Waals surface area contributed by atoms with E-state index in [2.05, 4.69) is 42.6 Å². The van der Waals surface area contributed by atoms with Gasteiger partial charge in [-0.25, -0.2) is 0 Å². The number of benzene rings is 1. The van der Waals surface area contributed by atoms with E-state index in [0.717, 1.165) is 11.7 Å². The topological polar surface area (TPSA) is 38.9 Å². The van der Waals surface area contributed by atoms with Crippen molar-refractivity contribution in [3.05, 3.63) is 65.0 Å². The van der Waals surface area contributed by atoms with Crippen molar-refractivity contribution < 1.29 is 0 Å². The summed E-state index contributed by atoms with van der Waals surface area (Å²) in [5.74, 6) is 4.04. The lowest BCUT2D eigenvalue weighted by Crippen LogP contribution is -2.35. The van der Waals surface area contributed by atoms with E-state index in [9.17, 15) is 0 Å². The summed E-state index contributed by atoms with van der Waals surface area (Å²) in [7, 11) is 0. The van der Waals surface area contributed by atoms with Gasteiger partial charge in [0, 0.05) is 18.0 Å². The molecule has 1 aromatic carbocycles. The quantitative estimate of drug-likeness (QED) is 0.733. The number of nitrogens with two attached hydrogens (primary N) is 1. The summed E-state index contributed by atoms with van der Waals surface area (Å²) in [4.78, 5) is 4.76. The van der Waals surface area contributed by atoms with E-state index >= 15 is 0 Å². The van der Waals surface area contributed by atoms with Crippen LogP contribution in [0.1, 0.15) is 72.9 Å². The Kier molecular flexibility index (Phi) is 4.77.